The van der Waals surface area contributed by atoms with E-state index >= 15 is 0 Å². The summed E-state index contributed by atoms with van der Waals surface area (Å²) in [5.41, 5.74) is -0.468. The van der Waals surface area contributed by atoms with Gasteiger partial charge in [-0.05, 0) is 24.3 Å². The van der Waals surface area contributed by atoms with Crippen molar-refractivity contribution in [2.75, 3.05) is 5.75 Å². The first-order valence-electron chi connectivity index (χ1n) is 5.26. The van der Waals surface area contributed by atoms with Gasteiger partial charge in [0.1, 0.15) is 17.4 Å². The highest BCUT2D eigenvalue weighted by atomic mass is 32.2. The third kappa shape index (κ3) is 2.98. The summed E-state index contributed by atoms with van der Waals surface area (Å²) in [7, 11) is 0. The lowest BCUT2D eigenvalue weighted by atomic mass is 10.1. The summed E-state index contributed by atoms with van der Waals surface area (Å²) < 4.78 is 31.7. The topological polar surface area (TPSA) is 30.2 Å². The lowest BCUT2D eigenvalue weighted by Gasteiger charge is -2.03. The molecular formula is C13H10F2O2S. The highest BCUT2D eigenvalue weighted by Gasteiger charge is 2.16. The Morgan fingerprint density at radius 3 is 2.50 bits per heavy atom. The first-order chi connectivity index (χ1) is 8.68. The van der Waals surface area contributed by atoms with Gasteiger partial charge < -0.3 is 4.42 Å². The molecule has 0 aliphatic carbocycles. The van der Waals surface area contributed by atoms with E-state index in [4.69, 9.17) is 4.42 Å². The summed E-state index contributed by atoms with van der Waals surface area (Å²) in [6.45, 7) is 0. The Balaban J connectivity index is 1.96. The van der Waals surface area contributed by atoms with Gasteiger partial charge in [-0.1, -0.05) is 6.07 Å². The zero-order chi connectivity index (χ0) is 13.0. The molecule has 0 spiro atoms. The molecule has 1 aromatic carbocycles. The molecule has 0 unspecified atom stereocenters. The van der Waals surface area contributed by atoms with Gasteiger partial charge in [0.2, 0.25) is 0 Å². The molecule has 18 heavy (non-hydrogen) atoms. The number of carbonyl (C=O) groups excluding carboxylic acids is 1. The Morgan fingerprint density at radius 2 is 1.89 bits per heavy atom. The second-order valence-electron chi connectivity index (χ2n) is 3.59. The van der Waals surface area contributed by atoms with Gasteiger partial charge in [-0.15, -0.1) is 11.8 Å². The number of hydrogen-bond acceptors (Lipinski definition) is 3. The van der Waals surface area contributed by atoms with Crippen molar-refractivity contribution in [2.45, 2.75) is 5.75 Å². The summed E-state index contributed by atoms with van der Waals surface area (Å²) >= 11 is 1.25. The van der Waals surface area contributed by atoms with Crippen molar-refractivity contribution in [3.63, 3.8) is 0 Å². The number of ketones is 1. The standard InChI is InChI=1S/C13H10F2O2S/c14-10-4-1-5-11(15)13(10)12(16)8-18-7-9-3-2-6-17-9/h1-6H,7-8H2. The Morgan fingerprint density at radius 1 is 1.17 bits per heavy atom. The smallest absolute Gasteiger partial charge is 0.178 e. The zero-order valence-electron chi connectivity index (χ0n) is 9.36. The van der Waals surface area contributed by atoms with Crippen LogP contribution in [0.5, 0.6) is 0 Å². The fourth-order valence-corrected chi connectivity index (χ4v) is 2.27. The van der Waals surface area contributed by atoms with E-state index in [1.807, 2.05) is 0 Å². The largest absolute Gasteiger partial charge is 0.468 e. The van der Waals surface area contributed by atoms with Crippen LogP contribution >= 0.6 is 11.8 Å². The summed E-state index contributed by atoms with van der Waals surface area (Å²) in [6, 6.07) is 6.91. The van der Waals surface area contributed by atoms with E-state index in [2.05, 4.69) is 0 Å². The van der Waals surface area contributed by atoms with Crippen LogP contribution in [0.2, 0.25) is 0 Å². The van der Waals surface area contributed by atoms with E-state index < -0.39 is 23.0 Å². The fourth-order valence-electron chi connectivity index (χ4n) is 1.48. The number of thioether (sulfide) groups is 1. The number of Topliss-reactive ketones (excluding diaryl/α,β-unsaturated/α-hetero) is 1. The van der Waals surface area contributed by atoms with E-state index in [-0.39, 0.29) is 5.75 Å². The highest BCUT2D eigenvalue weighted by molar-refractivity contribution is 7.99. The fraction of sp³-hybridized carbons (Fsp3) is 0.154. The Bertz CT molecular complexity index is 518. The molecule has 1 aromatic heterocycles. The number of hydrogen-bond donors (Lipinski definition) is 0. The Kier molecular flexibility index (Phi) is 4.15. The van der Waals surface area contributed by atoms with Gasteiger partial charge in [-0.2, -0.15) is 0 Å². The van der Waals surface area contributed by atoms with Gasteiger partial charge in [0, 0.05) is 0 Å². The van der Waals surface area contributed by atoms with Crippen LogP contribution in [0, 0.1) is 11.6 Å². The van der Waals surface area contributed by atoms with Crippen LogP contribution in [0.3, 0.4) is 0 Å². The van der Waals surface area contributed by atoms with Crippen molar-refractivity contribution in [1.29, 1.82) is 0 Å². The van der Waals surface area contributed by atoms with Crippen molar-refractivity contribution in [1.82, 2.24) is 0 Å². The van der Waals surface area contributed by atoms with E-state index in [1.165, 1.54) is 24.1 Å². The minimum Gasteiger partial charge on any atom is -0.468 e. The molecule has 5 heteroatoms. The summed E-state index contributed by atoms with van der Waals surface area (Å²) in [5, 5.41) is 0. The van der Waals surface area contributed by atoms with Crippen LogP contribution < -0.4 is 0 Å². The van der Waals surface area contributed by atoms with Crippen LogP contribution in [0.25, 0.3) is 0 Å². The zero-order valence-corrected chi connectivity index (χ0v) is 10.2. The summed E-state index contributed by atoms with van der Waals surface area (Å²) in [5.74, 6) is -0.964. The van der Waals surface area contributed by atoms with Crippen molar-refractivity contribution in [2.24, 2.45) is 0 Å². The molecule has 0 radical (unpaired) electrons. The molecule has 2 nitrogen and oxygen atoms in total. The minimum atomic E-state index is -0.821. The van der Waals surface area contributed by atoms with Gasteiger partial charge in [-0.25, -0.2) is 8.78 Å². The molecule has 0 atom stereocenters. The number of benzene rings is 1. The first-order valence-corrected chi connectivity index (χ1v) is 6.41. The van der Waals surface area contributed by atoms with Gasteiger partial charge >= 0.3 is 0 Å². The average Bonchev–Trinajstić information content (AvgIpc) is 2.82. The van der Waals surface area contributed by atoms with Gasteiger partial charge in [-0.3, -0.25) is 4.79 Å². The third-order valence-electron chi connectivity index (χ3n) is 2.30. The lowest BCUT2D eigenvalue weighted by Crippen LogP contribution is -2.08. The van der Waals surface area contributed by atoms with Gasteiger partial charge in [0.15, 0.2) is 5.78 Å². The van der Waals surface area contributed by atoms with Crippen molar-refractivity contribution in [3.05, 3.63) is 59.6 Å². The first kappa shape index (κ1) is 12.8. The molecule has 94 valence electrons. The average molecular weight is 268 g/mol. The molecule has 0 saturated heterocycles. The molecule has 0 fully saturated rings. The monoisotopic (exact) mass is 268 g/mol. The Labute approximate surface area is 107 Å². The normalized spacial score (nSPS) is 10.6. The van der Waals surface area contributed by atoms with Crippen molar-refractivity contribution < 1.29 is 18.0 Å². The maximum absolute atomic E-state index is 13.3. The van der Waals surface area contributed by atoms with Crippen LogP contribution in [0.4, 0.5) is 8.78 Å². The predicted octanol–water partition coefficient (Wildman–Crippen LogP) is 3.67. The molecule has 0 aliphatic rings. The van der Waals surface area contributed by atoms with Crippen LogP contribution in [0.15, 0.2) is 41.0 Å². The molecule has 2 aromatic rings. The quantitative estimate of drug-likeness (QED) is 0.775. The van der Waals surface area contributed by atoms with E-state index in [0.717, 1.165) is 17.9 Å². The van der Waals surface area contributed by atoms with Gasteiger partial charge in [0.25, 0.3) is 0 Å². The molecule has 2 rings (SSSR count). The van der Waals surface area contributed by atoms with Crippen molar-refractivity contribution >= 4 is 17.5 Å². The van der Waals surface area contributed by atoms with E-state index in [9.17, 15) is 13.6 Å². The second kappa shape index (κ2) is 5.82. The molecule has 0 amide bonds. The summed E-state index contributed by atoms with van der Waals surface area (Å²) in [6.07, 6.45) is 1.54. The molecule has 0 saturated carbocycles. The maximum Gasteiger partial charge on any atom is 0.178 e. The number of rotatable bonds is 5. The SMILES string of the molecule is O=C(CSCc1ccco1)c1c(F)cccc1F. The number of carbonyl (C=O) groups is 1. The number of halogens is 2. The number of furan rings is 1. The van der Waals surface area contributed by atoms with E-state index in [0.29, 0.717) is 5.75 Å². The van der Waals surface area contributed by atoms with Crippen LogP contribution in [-0.2, 0) is 5.75 Å². The minimum absolute atomic E-state index is 0.0125. The van der Waals surface area contributed by atoms with Crippen molar-refractivity contribution in [3.8, 4) is 0 Å². The molecule has 0 aliphatic heterocycles. The lowest BCUT2D eigenvalue weighted by molar-refractivity contribution is 0.101. The second-order valence-corrected chi connectivity index (χ2v) is 4.58. The molecule has 1 heterocycles. The molecule has 0 N–H and O–H groups in total. The van der Waals surface area contributed by atoms with Crippen LogP contribution in [-0.4, -0.2) is 11.5 Å². The highest BCUT2D eigenvalue weighted by Crippen LogP contribution is 2.18. The maximum atomic E-state index is 13.3. The predicted molar refractivity (Wildman–Crippen MR) is 65.6 cm³/mol. The summed E-state index contributed by atoms with van der Waals surface area (Å²) in [4.78, 5) is 11.7. The third-order valence-corrected chi connectivity index (χ3v) is 3.25. The molecule has 0 bridgehead atoms. The molecular weight excluding hydrogens is 258 g/mol. The van der Waals surface area contributed by atoms with E-state index in [1.54, 1.807) is 12.1 Å². The van der Waals surface area contributed by atoms with Crippen LogP contribution in [0.1, 0.15) is 16.1 Å². The van der Waals surface area contributed by atoms with Gasteiger partial charge in [0.05, 0.1) is 23.3 Å². The Hall–Kier alpha value is -1.62.